The molecule has 0 bridgehead atoms. The van der Waals surface area contributed by atoms with Gasteiger partial charge in [-0.25, -0.2) is 0 Å². The Kier molecular flexibility index (Phi) is 5.68. The molecule has 1 N–H and O–H groups in total. The summed E-state index contributed by atoms with van der Waals surface area (Å²) in [5.74, 6) is -0.216. The molecule has 1 heterocycles. The molecule has 3 aromatic carbocycles. The smallest absolute Gasteiger partial charge is 0.252 e. The Morgan fingerprint density at radius 3 is 2.38 bits per heavy atom. The maximum atomic E-state index is 13.4. The van der Waals surface area contributed by atoms with Crippen LogP contribution in [0.1, 0.15) is 28.4 Å². The molecular formula is C29H25N3O2. The fraction of sp³-hybridized carbons (Fsp3) is 0.138. The number of fused-ring (bicyclic) bond motifs is 1. The van der Waals surface area contributed by atoms with Crippen molar-refractivity contribution < 1.29 is 9.59 Å². The summed E-state index contributed by atoms with van der Waals surface area (Å²) in [7, 11) is 0. The molecule has 0 spiro atoms. The molecule has 0 saturated carbocycles. The number of rotatable bonds is 4. The number of allylic oxidation sites excluding steroid dienone is 2. The lowest BCUT2D eigenvalue weighted by molar-refractivity contribution is -0.117. The van der Waals surface area contributed by atoms with Crippen molar-refractivity contribution in [3.05, 3.63) is 120 Å². The van der Waals surface area contributed by atoms with Gasteiger partial charge in [0.05, 0.1) is 6.54 Å². The number of hydrogen-bond donors (Lipinski definition) is 1. The first-order chi connectivity index (χ1) is 16.5. The highest BCUT2D eigenvalue weighted by Crippen LogP contribution is 2.35. The molecule has 2 atom stereocenters. The van der Waals surface area contributed by atoms with Crippen molar-refractivity contribution in [1.82, 2.24) is 5.32 Å². The predicted octanol–water partition coefficient (Wildman–Crippen LogP) is 4.66. The molecule has 1 aliphatic heterocycles. The van der Waals surface area contributed by atoms with Gasteiger partial charge < -0.3 is 10.2 Å². The molecular weight excluding hydrogens is 422 g/mol. The fourth-order valence-corrected chi connectivity index (χ4v) is 4.46. The van der Waals surface area contributed by atoms with Crippen LogP contribution < -0.4 is 10.2 Å². The summed E-state index contributed by atoms with van der Waals surface area (Å²) in [6.45, 7) is 2.28. The van der Waals surface area contributed by atoms with E-state index in [1.165, 1.54) is 0 Å². The highest BCUT2D eigenvalue weighted by molar-refractivity contribution is 6.08. The van der Waals surface area contributed by atoms with Crippen LogP contribution >= 0.6 is 0 Å². The molecule has 168 valence electrons. The van der Waals surface area contributed by atoms with E-state index in [1.54, 1.807) is 24.4 Å². The number of hydrogen-bond acceptors (Lipinski definition) is 4. The molecule has 3 aromatic rings. The monoisotopic (exact) mass is 447 g/mol. The van der Waals surface area contributed by atoms with Crippen LogP contribution in [-0.2, 0) is 4.79 Å². The van der Waals surface area contributed by atoms with Gasteiger partial charge in [0.1, 0.15) is 11.7 Å². The maximum absolute atomic E-state index is 13.4. The number of carbonyl (C=O) groups excluding carboxylic acids is 2. The second-order valence-corrected chi connectivity index (χ2v) is 8.61. The summed E-state index contributed by atoms with van der Waals surface area (Å²) in [6, 6.07) is 27.0. The number of benzodiazepines with no additional fused rings is 1. The standard InChI is InChI=1S/C29H25N3O2/c1-29(18-23(16-17-26(29)33)21-10-4-2-5-11-21)32-20-27(30-19-24-14-8-9-15-25(24)32)31-28(34)22-12-6-3-7-13-22/h2-19,27H,20H2,1H3,(H,31,34)/t27-,29?/m0/s1. The minimum absolute atomic E-state index is 0.0166. The van der Waals surface area contributed by atoms with Crippen molar-refractivity contribution in [3.8, 4) is 0 Å². The van der Waals surface area contributed by atoms with E-state index in [1.807, 2.05) is 91.9 Å². The zero-order valence-corrected chi connectivity index (χ0v) is 18.9. The third-order valence-corrected chi connectivity index (χ3v) is 6.33. The number of nitrogens with zero attached hydrogens (tertiary/aromatic N) is 2. The van der Waals surface area contributed by atoms with Crippen LogP contribution in [0.5, 0.6) is 0 Å². The number of amides is 1. The van der Waals surface area contributed by atoms with Crippen LogP contribution in [-0.4, -0.2) is 36.2 Å². The third kappa shape index (κ3) is 4.08. The number of benzene rings is 3. The minimum atomic E-state index is -0.945. The molecule has 1 unspecified atom stereocenters. The summed E-state index contributed by atoms with van der Waals surface area (Å²) in [5, 5.41) is 3.03. The van der Waals surface area contributed by atoms with Gasteiger partial charge in [-0.1, -0.05) is 72.8 Å². The molecule has 5 nitrogen and oxygen atoms in total. The van der Waals surface area contributed by atoms with E-state index in [4.69, 9.17) is 0 Å². The van der Waals surface area contributed by atoms with Gasteiger partial charge in [0, 0.05) is 23.0 Å². The van der Waals surface area contributed by atoms with Gasteiger partial charge in [-0.3, -0.25) is 14.6 Å². The molecule has 0 fully saturated rings. The Bertz CT molecular complexity index is 1310. The molecule has 2 aliphatic rings. The Morgan fingerprint density at radius 1 is 0.941 bits per heavy atom. The molecule has 5 heteroatoms. The van der Waals surface area contributed by atoms with Crippen LogP contribution in [0.4, 0.5) is 5.69 Å². The van der Waals surface area contributed by atoms with Crippen molar-refractivity contribution in [1.29, 1.82) is 0 Å². The summed E-state index contributed by atoms with van der Waals surface area (Å²) in [4.78, 5) is 32.9. The number of anilines is 1. The largest absolute Gasteiger partial charge is 0.351 e. The van der Waals surface area contributed by atoms with E-state index >= 15 is 0 Å². The van der Waals surface area contributed by atoms with Gasteiger partial charge in [-0.2, -0.15) is 0 Å². The summed E-state index contributed by atoms with van der Waals surface area (Å²) < 4.78 is 0. The van der Waals surface area contributed by atoms with E-state index in [0.717, 1.165) is 22.4 Å². The molecule has 1 aliphatic carbocycles. The van der Waals surface area contributed by atoms with E-state index in [0.29, 0.717) is 12.1 Å². The average molecular weight is 448 g/mol. The van der Waals surface area contributed by atoms with E-state index in [9.17, 15) is 9.59 Å². The molecule has 0 saturated heterocycles. The average Bonchev–Trinajstić information content (AvgIpc) is 3.07. The van der Waals surface area contributed by atoms with E-state index in [2.05, 4.69) is 15.2 Å². The molecule has 34 heavy (non-hydrogen) atoms. The lowest BCUT2D eigenvalue weighted by Crippen LogP contribution is -2.56. The molecule has 1 amide bonds. The molecule has 0 radical (unpaired) electrons. The van der Waals surface area contributed by atoms with Crippen LogP contribution in [0, 0.1) is 0 Å². The Labute approximate surface area is 199 Å². The van der Waals surface area contributed by atoms with Gasteiger partial charge in [0.15, 0.2) is 5.78 Å². The normalized spacial score (nSPS) is 21.4. The number of para-hydroxylation sites is 1. The maximum Gasteiger partial charge on any atom is 0.252 e. The second-order valence-electron chi connectivity index (χ2n) is 8.61. The lowest BCUT2D eigenvalue weighted by atomic mass is 9.84. The second kappa shape index (κ2) is 8.94. The van der Waals surface area contributed by atoms with Crippen LogP contribution in [0.25, 0.3) is 5.57 Å². The van der Waals surface area contributed by atoms with Gasteiger partial charge in [0.2, 0.25) is 0 Å². The zero-order valence-electron chi connectivity index (χ0n) is 18.9. The molecule has 0 aromatic heterocycles. The fourth-order valence-electron chi connectivity index (χ4n) is 4.46. The minimum Gasteiger partial charge on any atom is -0.351 e. The van der Waals surface area contributed by atoms with E-state index < -0.39 is 11.7 Å². The Balaban J connectivity index is 1.53. The van der Waals surface area contributed by atoms with E-state index in [-0.39, 0.29) is 11.7 Å². The number of ketones is 1. The number of nitrogens with one attached hydrogen (secondary N) is 1. The van der Waals surface area contributed by atoms with Crippen molar-refractivity contribution >= 4 is 29.2 Å². The summed E-state index contributed by atoms with van der Waals surface area (Å²) >= 11 is 0. The Morgan fingerprint density at radius 2 is 1.62 bits per heavy atom. The van der Waals surface area contributed by atoms with Gasteiger partial charge >= 0.3 is 0 Å². The first-order valence-electron chi connectivity index (χ1n) is 11.3. The van der Waals surface area contributed by atoms with Gasteiger partial charge in [-0.15, -0.1) is 0 Å². The first kappa shape index (κ1) is 21.6. The summed E-state index contributed by atoms with van der Waals surface area (Å²) in [6.07, 6.45) is 6.79. The molecule has 5 rings (SSSR count). The van der Waals surface area contributed by atoms with Crippen LogP contribution in [0.3, 0.4) is 0 Å². The van der Waals surface area contributed by atoms with Crippen LogP contribution in [0.2, 0.25) is 0 Å². The third-order valence-electron chi connectivity index (χ3n) is 6.33. The zero-order chi connectivity index (χ0) is 23.5. The lowest BCUT2D eigenvalue weighted by Gasteiger charge is -2.42. The first-order valence-corrected chi connectivity index (χ1v) is 11.3. The SMILES string of the molecule is CC1(N2C[C@H](NC(=O)c3ccccc3)N=Cc3ccccc32)C=C(c2ccccc2)C=CC1=O. The van der Waals surface area contributed by atoms with Crippen molar-refractivity contribution in [3.63, 3.8) is 0 Å². The highest BCUT2D eigenvalue weighted by atomic mass is 16.2. The van der Waals surface area contributed by atoms with Crippen molar-refractivity contribution in [2.24, 2.45) is 4.99 Å². The number of aliphatic imine (C=N–C) groups is 1. The predicted molar refractivity (Wildman–Crippen MR) is 136 cm³/mol. The van der Waals surface area contributed by atoms with Gasteiger partial charge in [0.25, 0.3) is 5.91 Å². The summed E-state index contributed by atoms with van der Waals surface area (Å²) in [5.41, 5.74) is 3.45. The number of carbonyl (C=O) groups is 2. The quantitative estimate of drug-likeness (QED) is 0.633. The highest BCUT2D eigenvalue weighted by Gasteiger charge is 2.41. The topological polar surface area (TPSA) is 61.8 Å². The van der Waals surface area contributed by atoms with Gasteiger partial charge in [-0.05, 0) is 48.4 Å². The van der Waals surface area contributed by atoms with Crippen molar-refractivity contribution in [2.45, 2.75) is 18.6 Å². The van der Waals surface area contributed by atoms with Crippen molar-refractivity contribution in [2.75, 3.05) is 11.4 Å². The Hall–Kier alpha value is -4.25. The van der Waals surface area contributed by atoms with Crippen LogP contribution in [0.15, 0.2) is 108 Å².